The molecule has 26 heavy (non-hydrogen) atoms. The molecular weight excluding hydrogens is 330 g/mol. The summed E-state index contributed by atoms with van der Waals surface area (Å²) in [5.74, 6) is 0.426. The summed E-state index contributed by atoms with van der Waals surface area (Å²) < 4.78 is 0. The van der Waals surface area contributed by atoms with Gasteiger partial charge in [-0.1, -0.05) is 6.07 Å². The van der Waals surface area contributed by atoms with Gasteiger partial charge >= 0.3 is 0 Å². The van der Waals surface area contributed by atoms with Gasteiger partial charge in [0.25, 0.3) is 5.91 Å². The number of carbonyl (C=O) groups excluding carboxylic acids is 2. The van der Waals surface area contributed by atoms with Crippen LogP contribution in [0.1, 0.15) is 56.8 Å². The lowest BCUT2D eigenvalue weighted by Crippen LogP contribution is -2.47. The molecule has 0 aliphatic heterocycles. The normalized spacial score (nSPS) is 20.4. The Hall–Kier alpha value is -2.08. The van der Waals surface area contributed by atoms with Crippen molar-refractivity contribution in [2.45, 2.75) is 58.0 Å². The Morgan fingerprint density at radius 3 is 2.46 bits per heavy atom. The predicted octanol–water partition coefficient (Wildman–Crippen LogP) is 2.19. The maximum atomic E-state index is 12.1. The first-order chi connectivity index (χ1) is 12.2. The number of nitrogens with one attached hydrogen (secondary N) is 3. The van der Waals surface area contributed by atoms with Crippen LogP contribution in [0.2, 0.25) is 0 Å². The van der Waals surface area contributed by atoms with E-state index in [0.717, 1.165) is 25.7 Å². The standard InChI is InChI=1S/C20H31N3O3/c1-20(2,3)23-18(25)13-21-16-9-7-14(8-10-16)12-22-19(26)15-5-4-6-17(24)11-15/h4-6,11,14,16,21,24H,7-10,12-13H2,1-3H3,(H,22,26)(H,23,25)/t14-,16+. The number of amides is 2. The summed E-state index contributed by atoms with van der Waals surface area (Å²) in [7, 11) is 0. The second-order valence-electron chi connectivity index (χ2n) is 8.16. The lowest BCUT2D eigenvalue weighted by Gasteiger charge is -2.29. The van der Waals surface area contributed by atoms with E-state index in [1.165, 1.54) is 6.07 Å². The Balaban J connectivity index is 1.65. The molecule has 0 aromatic heterocycles. The van der Waals surface area contributed by atoms with Crippen LogP contribution in [0.15, 0.2) is 24.3 Å². The minimum absolute atomic E-state index is 0.0259. The molecule has 0 heterocycles. The molecule has 144 valence electrons. The fraction of sp³-hybridized carbons (Fsp3) is 0.600. The van der Waals surface area contributed by atoms with Crippen molar-refractivity contribution in [2.75, 3.05) is 13.1 Å². The van der Waals surface area contributed by atoms with E-state index >= 15 is 0 Å². The third-order valence-corrected chi connectivity index (χ3v) is 4.57. The first kappa shape index (κ1) is 20.2. The molecule has 0 atom stereocenters. The number of aromatic hydroxyl groups is 1. The van der Waals surface area contributed by atoms with Gasteiger partial charge in [0.05, 0.1) is 6.54 Å². The van der Waals surface area contributed by atoms with E-state index in [0.29, 0.717) is 30.6 Å². The number of phenolic OH excluding ortho intramolecular Hbond substituents is 1. The quantitative estimate of drug-likeness (QED) is 0.625. The van der Waals surface area contributed by atoms with E-state index in [1.54, 1.807) is 18.2 Å². The molecule has 0 unspecified atom stereocenters. The molecule has 1 saturated carbocycles. The van der Waals surface area contributed by atoms with Crippen LogP contribution >= 0.6 is 0 Å². The molecule has 6 heteroatoms. The summed E-state index contributed by atoms with van der Waals surface area (Å²) in [5.41, 5.74) is 0.273. The SMILES string of the molecule is CC(C)(C)NC(=O)CN[C@H]1CC[C@@H](CNC(=O)c2cccc(O)c2)CC1. The molecule has 1 aliphatic rings. The topological polar surface area (TPSA) is 90.5 Å². The average Bonchev–Trinajstić information content (AvgIpc) is 2.57. The molecule has 4 N–H and O–H groups in total. The van der Waals surface area contributed by atoms with Crippen molar-refractivity contribution < 1.29 is 14.7 Å². The van der Waals surface area contributed by atoms with E-state index in [4.69, 9.17) is 0 Å². The van der Waals surface area contributed by atoms with Gasteiger partial charge < -0.3 is 21.1 Å². The maximum Gasteiger partial charge on any atom is 0.251 e. The third kappa shape index (κ3) is 7.04. The Bertz CT molecular complexity index is 617. The van der Waals surface area contributed by atoms with Crippen molar-refractivity contribution in [3.63, 3.8) is 0 Å². The molecule has 6 nitrogen and oxygen atoms in total. The Morgan fingerprint density at radius 2 is 1.85 bits per heavy atom. The zero-order valence-corrected chi connectivity index (χ0v) is 16.0. The van der Waals surface area contributed by atoms with Crippen LogP contribution in [0.3, 0.4) is 0 Å². The van der Waals surface area contributed by atoms with E-state index in [9.17, 15) is 14.7 Å². The molecular formula is C20H31N3O3. The van der Waals surface area contributed by atoms with Crippen molar-refractivity contribution in [3.8, 4) is 5.75 Å². The molecule has 0 spiro atoms. The predicted molar refractivity (Wildman–Crippen MR) is 102 cm³/mol. The van der Waals surface area contributed by atoms with Crippen molar-refractivity contribution in [1.82, 2.24) is 16.0 Å². The summed E-state index contributed by atoms with van der Waals surface area (Å²) in [4.78, 5) is 24.0. The lowest BCUT2D eigenvalue weighted by atomic mass is 9.86. The van der Waals surface area contributed by atoms with E-state index in [2.05, 4.69) is 16.0 Å². The monoisotopic (exact) mass is 361 g/mol. The summed E-state index contributed by atoms with van der Waals surface area (Å²) >= 11 is 0. The zero-order chi connectivity index (χ0) is 19.2. The Morgan fingerprint density at radius 1 is 1.15 bits per heavy atom. The fourth-order valence-electron chi connectivity index (χ4n) is 3.26. The summed E-state index contributed by atoms with van der Waals surface area (Å²) in [6, 6.07) is 6.74. The molecule has 2 amide bonds. The number of phenols is 1. The number of hydrogen-bond acceptors (Lipinski definition) is 4. The van der Waals surface area contributed by atoms with Crippen molar-refractivity contribution in [1.29, 1.82) is 0 Å². The molecule has 1 aliphatic carbocycles. The first-order valence-electron chi connectivity index (χ1n) is 9.34. The lowest BCUT2D eigenvalue weighted by molar-refractivity contribution is -0.121. The largest absolute Gasteiger partial charge is 0.508 e. The minimum Gasteiger partial charge on any atom is -0.508 e. The van der Waals surface area contributed by atoms with Crippen LogP contribution in [0.25, 0.3) is 0 Å². The second kappa shape index (κ2) is 9.03. The molecule has 0 radical (unpaired) electrons. The van der Waals surface area contributed by atoms with Gasteiger partial charge in [0.15, 0.2) is 0 Å². The highest BCUT2D eigenvalue weighted by atomic mass is 16.3. The first-order valence-corrected chi connectivity index (χ1v) is 9.34. The van der Waals surface area contributed by atoms with Crippen LogP contribution < -0.4 is 16.0 Å². The molecule has 1 aromatic rings. The molecule has 1 aromatic carbocycles. The van der Waals surface area contributed by atoms with Gasteiger partial charge in [0.2, 0.25) is 5.91 Å². The third-order valence-electron chi connectivity index (χ3n) is 4.57. The van der Waals surface area contributed by atoms with Crippen LogP contribution in [0.5, 0.6) is 5.75 Å². The average molecular weight is 361 g/mol. The van der Waals surface area contributed by atoms with Gasteiger partial charge in [-0.3, -0.25) is 9.59 Å². The van der Waals surface area contributed by atoms with Crippen molar-refractivity contribution in [3.05, 3.63) is 29.8 Å². The van der Waals surface area contributed by atoms with Crippen LogP contribution in [-0.4, -0.2) is 41.6 Å². The van der Waals surface area contributed by atoms with Gasteiger partial charge in [-0.15, -0.1) is 0 Å². The fourth-order valence-corrected chi connectivity index (χ4v) is 3.26. The molecule has 0 saturated heterocycles. The minimum atomic E-state index is -0.204. The van der Waals surface area contributed by atoms with Crippen molar-refractivity contribution >= 4 is 11.8 Å². The summed E-state index contributed by atoms with van der Waals surface area (Å²) in [6.07, 6.45) is 4.07. The highest BCUT2D eigenvalue weighted by molar-refractivity contribution is 5.94. The van der Waals surface area contributed by atoms with Gasteiger partial charge in [0, 0.05) is 23.7 Å². The number of carbonyl (C=O) groups is 2. The number of hydrogen-bond donors (Lipinski definition) is 4. The maximum absolute atomic E-state index is 12.1. The molecule has 0 bridgehead atoms. The Kier molecular flexibility index (Phi) is 7.03. The molecule has 2 rings (SSSR count). The second-order valence-corrected chi connectivity index (χ2v) is 8.16. The van der Waals surface area contributed by atoms with Crippen molar-refractivity contribution in [2.24, 2.45) is 5.92 Å². The van der Waals surface area contributed by atoms with Gasteiger partial charge in [-0.05, 0) is 70.6 Å². The highest BCUT2D eigenvalue weighted by Gasteiger charge is 2.22. The van der Waals surface area contributed by atoms with Gasteiger partial charge in [0.1, 0.15) is 5.75 Å². The highest BCUT2D eigenvalue weighted by Crippen LogP contribution is 2.23. The van der Waals surface area contributed by atoms with Crippen LogP contribution in [0, 0.1) is 5.92 Å². The van der Waals surface area contributed by atoms with Gasteiger partial charge in [-0.25, -0.2) is 0 Å². The number of rotatable bonds is 6. The van der Waals surface area contributed by atoms with E-state index < -0.39 is 0 Å². The number of benzene rings is 1. The summed E-state index contributed by atoms with van der Waals surface area (Å²) in [6.45, 7) is 6.91. The van der Waals surface area contributed by atoms with E-state index in [-0.39, 0.29) is 23.1 Å². The Labute approximate surface area is 155 Å². The zero-order valence-electron chi connectivity index (χ0n) is 16.0. The van der Waals surface area contributed by atoms with E-state index in [1.807, 2.05) is 20.8 Å². The summed E-state index contributed by atoms with van der Waals surface area (Å²) in [5, 5.41) is 18.7. The smallest absolute Gasteiger partial charge is 0.251 e. The van der Waals surface area contributed by atoms with Crippen LogP contribution in [-0.2, 0) is 4.79 Å². The van der Waals surface area contributed by atoms with Crippen LogP contribution in [0.4, 0.5) is 0 Å². The molecule has 1 fully saturated rings. The van der Waals surface area contributed by atoms with Gasteiger partial charge in [-0.2, -0.15) is 0 Å².